The highest BCUT2D eigenvalue weighted by atomic mass is 16.5. The van der Waals surface area contributed by atoms with E-state index >= 15 is 0 Å². The van der Waals surface area contributed by atoms with Gasteiger partial charge in [0.2, 0.25) is 11.9 Å². The molecule has 7 heteroatoms. The number of carbonyl (C=O) groups is 1. The number of anilines is 2. The first-order chi connectivity index (χ1) is 11.6. The second-order valence-electron chi connectivity index (χ2n) is 6.76. The highest BCUT2D eigenvalue weighted by Gasteiger charge is 2.39. The number of likely N-dealkylation sites (tertiary alicyclic amines) is 1. The van der Waals surface area contributed by atoms with Crippen LogP contribution >= 0.6 is 0 Å². The Morgan fingerprint density at radius 2 is 2.21 bits per heavy atom. The molecule has 0 spiro atoms. The maximum atomic E-state index is 12.3. The molecule has 0 aromatic carbocycles. The summed E-state index contributed by atoms with van der Waals surface area (Å²) in [6, 6.07) is 2.33. The lowest BCUT2D eigenvalue weighted by atomic mass is 9.83. The van der Waals surface area contributed by atoms with Crippen molar-refractivity contribution in [2.24, 2.45) is 5.92 Å². The van der Waals surface area contributed by atoms with Crippen LogP contribution in [0.3, 0.4) is 0 Å². The summed E-state index contributed by atoms with van der Waals surface area (Å²) < 4.78 is 5.13. The van der Waals surface area contributed by atoms with Crippen LogP contribution in [0.25, 0.3) is 0 Å². The minimum absolute atomic E-state index is 0.294. The average molecular weight is 333 g/mol. The Kier molecular flexibility index (Phi) is 5.18. The SMILES string of the molecule is COCCCN1C(=O)CCC2CN(c3cc(C)nc(N)n3)CCC21. The molecule has 1 amide bonds. The Bertz CT molecular complexity index is 574. The van der Waals surface area contributed by atoms with E-state index < -0.39 is 0 Å². The van der Waals surface area contributed by atoms with Crippen LogP contribution in [0.15, 0.2) is 6.07 Å². The number of aryl methyl sites for hydroxylation is 1. The highest BCUT2D eigenvalue weighted by Crippen LogP contribution is 2.33. The van der Waals surface area contributed by atoms with Crippen molar-refractivity contribution in [3.8, 4) is 0 Å². The van der Waals surface area contributed by atoms with Gasteiger partial charge in [0, 0.05) is 57.6 Å². The molecule has 3 rings (SSSR count). The van der Waals surface area contributed by atoms with Crippen LogP contribution in [-0.4, -0.2) is 60.2 Å². The number of fused-ring (bicyclic) bond motifs is 1. The van der Waals surface area contributed by atoms with Crippen LogP contribution in [0.4, 0.5) is 11.8 Å². The Hall–Kier alpha value is -1.89. The summed E-state index contributed by atoms with van der Waals surface area (Å²) in [7, 11) is 1.70. The zero-order chi connectivity index (χ0) is 17.1. The van der Waals surface area contributed by atoms with E-state index in [1.54, 1.807) is 7.11 Å². The third-order valence-corrected chi connectivity index (χ3v) is 5.07. The number of nitrogens with two attached hydrogens (primary N) is 1. The Balaban J connectivity index is 1.68. The van der Waals surface area contributed by atoms with Crippen molar-refractivity contribution in [3.05, 3.63) is 11.8 Å². The van der Waals surface area contributed by atoms with Crippen molar-refractivity contribution in [1.29, 1.82) is 0 Å². The molecule has 2 unspecified atom stereocenters. The van der Waals surface area contributed by atoms with Crippen molar-refractivity contribution < 1.29 is 9.53 Å². The predicted octanol–water partition coefficient (Wildman–Crippen LogP) is 1.22. The number of hydrogen-bond acceptors (Lipinski definition) is 6. The first kappa shape index (κ1) is 17.0. The Morgan fingerprint density at radius 1 is 1.38 bits per heavy atom. The first-order valence-electron chi connectivity index (χ1n) is 8.73. The van der Waals surface area contributed by atoms with Gasteiger partial charge in [-0.05, 0) is 32.1 Å². The second kappa shape index (κ2) is 7.34. The molecule has 2 N–H and O–H groups in total. The van der Waals surface area contributed by atoms with Gasteiger partial charge >= 0.3 is 0 Å². The van der Waals surface area contributed by atoms with E-state index in [0.29, 0.717) is 36.8 Å². The number of amides is 1. The Morgan fingerprint density at radius 3 is 2.96 bits per heavy atom. The number of nitrogen functional groups attached to an aromatic ring is 1. The quantitative estimate of drug-likeness (QED) is 0.816. The molecule has 0 bridgehead atoms. The molecule has 2 atom stereocenters. The van der Waals surface area contributed by atoms with Gasteiger partial charge in [0.15, 0.2) is 0 Å². The van der Waals surface area contributed by atoms with E-state index in [-0.39, 0.29) is 0 Å². The number of ether oxygens (including phenoxy) is 1. The summed E-state index contributed by atoms with van der Waals surface area (Å²) in [5.41, 5.74) is 6.68. The summed E-state index contributed by atoms with van der Waals surface area (Å²) in [6.45, 7) is 5.25. The molecule has 2 aliphatic heterocycles. The van der Waals surface area contributed by atoms with Crippen LogP contribution in [0.5, 0.6) is 0 Å². The molecular weight excluding hydrogens is 306 g/mol. The van der Waals surface area contributed by atoms with E-state index in [1.807, 2.05) is 13.0 Å². The average Bonchev–Trinajstić information content (AvgIpc) is 2.55. The van der Waals surface area contributed by atoms with Gasteiger partial charge in [-0.2, -0.15) is 4.98 Å². The molecule has 3 heterocycles. The molecule has 0 aliphatic carbocycles. The van der Waals surface area contributed by atoms with Crippen molar-refractivity contribution in [2.45, 2.75) is 38.6 Å². The number of aromatic nitrogens is 2. The predicted molar refractivity (Wildman–Crippen MR) is 92.7 cm³/mol. The molecule has 24 heavy (non-hydrogen) atoms. The largest absolute Gasteiger partial charge is 0.385 e. The van der Waals surface area contributed by atoms with E-state index in [1.165, 1.54) is 0 Å². The van der Waals surface area contributed by atoms with Crippen LogP contribution in [0.1, 0.15) is 31.4 Å². The fraction of sp³-hybridized carbons (Fsp3) is 0.706. The van der Waals surface area contributed by atoms with Gasteiger partial charge in [-0.25, -0.2) is 4.98 Å². The van der Waals surface area contributed by atoms with Crippen LogP contribution in [0.2, 0.25) is 0 Å². The molecule has 1 aromatic heterocycles. The third kappa shape index (κ3) is 3.61. The van der Waals surface area contributed by atoms with Gasteiger partial charge in [-0.1, -0.05) is 0 Å². The number of rotatable bonds is 5. The monoisotopic (exact) mass is 333 g/mol. The molecule has 2 saturated heterocycles. The van der Waals surface area contributed by atoms with E-state index in [4.69, 9.17) is 10.5 Å². The topological polar surface area (TPSA) is 84.6 Å². The van der Waals surface area contributed by atoms with Gasteiger partial charge in [0.05, 0.1) is 0 Å². The van der Waals surface area contributed by atoms with Crippen molar-refractivity contribution >= 4 is 17.7 Å². The van der Waals surface area contributed by atoms with E-state index in [9.17, 15) is 4.79 Å². The third-order valence-electron chi connectivity index (χ3n) is 5.07. The molecular formula is C17H27N5O2. The van der Waals surface area contributed by atoms with Gasteiger partial charge in [-0.15, -0.1) is 0 Å². The number of methoxy groups -OCH3 is 1. The molecule has 0 saturated carbocycles. The maximum Gasteiger partial charge on any atom is 0.222 e. The zero-order valence-electron chi connectivity index (χ0n) is 14.6. The lowest BCUT2D eigenvalue weighted by molar-refractivity contribution is -0.139. The lowest BCUT2D eigenvalue weighted by Gasteiger charge is -2.47. The molecule has 132 valence electrons. The standard InChI is InChI=1S/C17H27N5O2/c1-12-10-15(20-17(18)19-12)21-8-6-14-13(11-21)4-5-16(23)22(14)7-3-9-24-2/h10,13-14H,3-9,11H2,1-2H3,(H2,18,19,20). The molecule has 2 aliphatic rings. The molecule has 7 nitrogen and oxygen atoms in total. The summed E-state index contributed by atoms with van der Waals surface area (Å²) in [6.07, 6.45) is 3.48. The van der Waals surface area contributed by atoms with E-state index in [0.717, 1.165) is 50.4 Å². The second-order valence-corrected chi connectivity index (χ2v) is 6.76. The number of carbonyl (C=O) groups excluding carboxylic acids is 1. The maximum absolute atomic E-state index is 12.3. The van der Waals surface area contributed by atoms with Gasteiger partial charge in [0.1, 0.15) is 5.82 Å². The van der Waals surface area contributed by atoms with Gasteiger partial charge in [0.25, 0.3) is 0 Å². The molecule has 0 radical (unpaired) electrons. The van der Waals surface area contributed by atoms with Gasteiger partial charge in [-0.3, -0.25) is 4.79 Å². The minimum Gasteiger partial charge on any atom is -0.385 e. The number of nitrogens with zero attached hydrogens (tertiary/aromatic N) is 4. The normalized spacial score (nSPS) is 24.2. The zero-order valence-corrected chi connectivity index (χ0v) is 14.6. The number of piperidine rings is 2. The van der Waals surface area contributed by atoms with Crippen molar-refractivity contribution in [3.63, 3.8) is 0 Å². The van der Waals surface area contributed by atoms with Crippen LogP contribution in [-0.2, 0) is 9.53 Å². The summed E-state index contributed by atoms with van der Waals surface area (Å²) >= 11 is 0. The minimum atomic E-state index is 0.294. The van der Waals surface area contributed by atoms with Crippen LogP contribution < -0.4 is 10.6 Å². The summed E-state index contributed by atoms with van der Waals surface area (Å²) in [4.78, 5) is 25.2. The smallest absolute Gasteiger partial charge is 0.222 e. The Labute approximate surface area is 143 Å². The van der Waals surface area contributed by atoms with Gasteiger partial charge < -0.3 is 20.3 Å². The molecule has 2 fully saturated rings. The highest BCUT2D eigenvalue weighted by molar-refractivity contribution is 5.77. The lowest BCUT2D eigenvalue weighted by Crippen LogP contribution is -2.56. The van der Waals surface area contributed by atoms with Crippen molar-refractivity contribution in [1.82, 2.24) is 14.9 Å². The summed E-state index contributed by atoms with van der Waals surface area (Å²) in [5.74, 6) is 2.02. The summed E-state index contributed by atoms with van der Waals surface area (Å²) in [5, 5.41) is 0. The van der Waals surface area contributed by atoms with Crippen LogP contribution in [0, 0.1) is 12.8 Å². The molecule has 1 aromatic rings. The van der Waals surface area contributed by atoms with Crippen molar-refractivity contribution in [2.75, 3.05) is 44.0 Å². The first-order valence-corrected chi connectivity index (χ1v) is 8.73. The van der Waals surface area contributed by atoms with E-state index in [2.05, 4.69) is 19.8 Å². The fourth-order valence-electron chi connectivity index (χ4n) is 3.97. The number of hydrogen-bond donors (Lipinski definition) is 1. The fourth-order valence-corrected chi connectivity index (χ4v) is 3.97.